The molecule has 2 saturated heterocycles. The van der Waals surface area contributed by atoms with E-state index in [-0.39, 0.29) is 17.2 Å². The zero-order chi connectivity index (χ0) is 13.2. The molecule has 0 saturated carbocycles. The van der Waals surface area contributed by atoms with Gasteiger partial charge < -0.3 is 9.80 Å². The fourth-order valence-electron chi connectivity index (χ4n) is 3.08. The van der Waals surface area contributed by atoms with Gasteiger partial charge in [-0.15, -0.1) is 0 Å². The summed E-state index contributed by atoms with van der Waals surface area (Å²) in [4.78, 5) is 28.1. The second kappa shape index (κ2) is 5.51. The molecule has 1 spiro atoms. The predicted molar refractivity (Wildman–Crippen MR) is 73.5 cm³/mol. The Balaban J connectivity index is 1.98. The van der Waals surface area contributed by atoms with Gasteiger partial charge >= 0.3 is 0 Å². The van der Waals surface area contributed by atoms with Gasteiger partial charge in [-0.2, -0.15) is 11.8 Å². The standard InChI is InChI=1S/C13H22N2O2S/c1-14-7-3-5-13(12(14)17)6-8-15(10-13)11(16)4-9-18-2/h3-10H2,1-2H3. The number of thioether (sulfide) groups is 1. The van der Waals surface area contributed by atoms with Crippen molar-refractivity contribution in [3.8, 4) is 0 Å². The van der Waals surface area contributed by atoms with E-state index in [4.69, 9.17) is 0 Å². The van der Waals surface area contributed by atoms with Crippen molar-refractivity contribution in [1.29, 1.82) is 0 Å². The van der Waals surface area contributed by atoms with Crippen molar-refractivity contribution >= 4 is 23.6 Å². The van der Waals surface area contributed by atoms with Crippen molar-refractivity contribution in [2.75, 3.05) is 38.7 Å². The van der Waals surface area contributed by atoms with Crippen LogP contribution in [0.3, 0.4) is 0 Å². The smallest absolute Gasteiger partial charge is 0.230 e. The molecule has 2 aliphatic rings. The van der Waals surface area contributed by atoms with Crippen LogP contribution in [0.15, 0.2) is 0 Å². The highest BCUT2D eigenvalue weighted by molar-refractivity contribution is 7.98. The number of carbonyl (C=O) groups is 2. The third-order valence-corrected chi connectivity index (χ3v) is 4.79. The number of rotatable bonds is 3. The topological polar surface area (TPSA) is 40.6 Å². The monoisotopic (exact) mass is 270 g/mol. The van der Waals surface area contributed by atoms with Crippen molar-refractivity contribution in [2.45, 2.75) is 25.7 Å². The van der Waals surface area contributed by atoms with Crippen LogP contribution in [0, 0.1) is 5.41 Å². The molecule has 2 aliphatic heterocycles. The van der Waals surface area contributed by atoms with Crippen LogP contribution in [0.1, 0.15) is 25.7 Å². The molecule has 4 nitrogen and oxygen atoms in total. The Kier molecular flexibility index (Phi) is 4.20. The minimum absolute atomic E-state index is 0.210. The Morgan fingerprint density at radius 3 is 2.89 bits per heavy atom. The number of likely N-dealkylation sites (tertiary alicyclic amines) is 2. The number of piperidine rings is 1. The highest BCUT2D eigenvalue weighted by atomic mass is 32.2. The van der Waals surface area contributed by atoms with Gasteiger partial charge in [-0.25, -0.2) is 0 Å². The van der Waals surface area contributed by atoms with E-state index < -0.39 is 0 Å². The fraction of sp³-hybridized carbons (Fsp3) is 0.846. The molecule has 0 aliphatic carbocycles. The molecule has 0 bridgehead atoms. The Hall–Kier alpha value is -0.710. The van der Waals surface area contributed by atoms with Crippen LogP contribution in [0.5, 0.6) is 0 Å². The number of hydrogen-bond acceptors (Lipinski definition) is 3. The van der Waals surface area contributed by atoms with Crippen LogP contribution >= 0.6 is 11.8 Å². The summed E-state index contributed by atoms with van der Waals surface area (Å²) in [6.45, 7) is 2.26. The maximum Gasteiger partial charge on any atom is 0.230 e. The van der Waals surface area contributed by atoms with Gasteiger partial charge in [0, 0.05) is 38.9 Å². The van der Waals surface area contributed by atoms with Crippen LogP contribution < -0.4 is 0 Å². The van der Waals surface area contributed by atoms with Crippen LogP contribution in [0.4, 0.5) is 0 Å². The molecular formula is C13H22N2O2S. The number of carbonyl (C=O) groups excluding carboxylic acids is 2. The van der Waals surface area contributed by atoms with E-state index in [1.807, 2.05) is 23.1 Å². The summed E-state index contributed by atoms with van der Waals surface area (Å²) in [6.07, 6.45) is 5.47. The Labute approximate surface area is 113 Å². The third kappa shape index (κ3) is 2.51. The van der Waals surface area contributed by atoms with Gasteiger partial charge in [-0.3, -0.25) is 9.59 Å². The van der Waals surface area contributed by atoms with Gasteiger partial charge in [-0.1, -0.05) is 0 Å². The molecule has 0 aromatic carbocycles. The largest absolute Gasteiger partial charge is 0.345 e. The van der Waals surface area contributed by atoms with Crippen molar-refractivity contribution in [1.82, 2.24) is 9.80 Å². The first kappa shape index (κ1) is 13.7. The zero-order valence-corrected chi connectivity index (χ0v) is 12.1. The highest BCUT2D eigenvalue weighted by Gasteiger charge is 2.48. The van der Waals surface area contributed by atoms with E-state index in [0.29, 0.717) is 13.0 Å². The Morgan fingerprint density at radius 2 is 2.17 bits per heavy atom. The fourth-order valence-corrected chi connectivity index (χ4v) is 3.46. The van der Waals surface area contributed by atoms with Gasteiger partial charge in [0.25, 0.3) is 0 Å². The van der Waals surface area contributed by atoms with Crippen LogP contribution in [0.25, 0.3) is 0 Å². The first-order valence-electron chi connectivity index (χ1n) is 6.61. The van der Waals surface area contributed by atoms with E-state index >= 15 is 0 Å². The van der Waals surface area contributed by atoms with Crippen LogP contribution in [0.2, 0.25) is 0 Å². The summed E-state index contributed by atoms with van der Waals surface area (Å²) in [5, 5.41) is 0. The molecule has 5 heteroatoms. The molecule has 18 heavy (non-hydrogen) atoms. The molecule has 0 N–H and O–H groups in total. The molecule has 2 amide bonds. The van der Waals surface area contributed by atoms with Crippen molar-refractivity contribution in [2.24, 2.45) is 5.41 Å². The lowest BCUT2D eigenvalue weighted by Crippen LogP contribution is -2.48. The SMILES string of the molecule is CSCCC(=O)N1CCC2(CCCN(C)C2=O)C1. The molecule has 1 atom stereocenters. The molecule has 2 heterocycles. The summed E-state index contributed by atoms with van der Waals surface area (Å²) in [6, 6.07) is 0. The van der Waals surface area contributed by atoms with E-state index in [2.05, 4.69) is 0 Å². The number of hydrogen-bond donors (Lipinski definition) is 0. The van der Waals surface area contributed by atoms with Gasteiger partial charge in [0.15, 0.2) is 0 Å². The first-order chi connectivity index (χ1) is 8.59. The average molecular weight is 270 g/mol. The summed E-state index contributed by atoms with van der Waals surface area (Å²) < 4.78 is 0. The minimum Gasteiger partial charge on any atom is -0.345 e. The third-order valence-electron chi connectivity index (χ3n) is 4.18. The Morgan fingerprint density at radius 1 is 1.39 bits per heavy atom. The normalized spacial score (nSPS) is 28.2. The molecular weight excluding hydrogens is 248 g/mol. The summed E-state index contributed by atoms with van der Waals surface area (Å²) in [5.41, 5.74) is -0.262. The van der Waals surface area contributed by atoms with E-state index in [0.717, 1.165) is 38.1 Å². The molecule has 0 aromatic rings. The van der Waals surface area contributed by atoms with Crippen molar-refractivity contribution in [3.63, 3.8) is 0 Å². The second-order valence-electron chi connectivity index (χ2n) is 5.42. The van der Waals surface area contributed by atoms with Crippen molar-refractivity contribution in [3.05, 3.63) is 0 Å². The maximum atomic E-state index is 12.3. The van der Waals surface area contributed by atoms with Crippen LogP contribution in [-0.2, 0) is 9.59 Å². The predicted octanol–water partition coefficient (Wildman–Crippen LogP) is 1.21. The highest BCUT2D eigenvalue weighted by Crippen LogP contribution is 2.39. The Bertz CT molecular complexity index is 348. The molecule has 0 aromatic heterocycles. The molecule has 1 unspecified atom stereocenters. The van der Waals surface area contributed by atoms with Gasteiger partial charge in [0.05, 0.1) is 5.41 Å². The van der Waals surface area contributed by atoms with E-state index in [1.165, 1.54) is 0 Å². The summed E-state index contributed by atoms with van der Waals surface area (Å²) >= 11 is 1.69. The van der Waals surface area contributed by atoms with Gasteiger partial charge in [-0.05, 0) is 25.5 Å². The quantitative estimate of drug-likeness (QED) is 0.774. The molecule has 102 valence electrons. The maximum absolute atomic E-state index is 12.3. The molecule has 2 rings (SSSR count). The van der Waals surface area contributed by atoms with Crippen molar-refractivity contribution < 1.29 is 9.59 Å². The first-order valence-corrected chi connectivity index (χ1v) is 8.01. The lowest BCUT2D eigenvalue weighted by atomic mass is 9.78. The molecule has 0 radical (unpaired) electrons. The zero-order valence-electron chi connectivity index (χ0n) is 11.3. The van der Waals surface area contributed by atoms with E-state index in [9.17, 15) is 9.59 Å². The van der Waals surface area contributed by atoms with Gasteiger partial charge in [0.2, 0.25) is 11.8 Å². The minimum atomic E-state index is -0.262. The molecule has 2 fully saturated rings. The number of nitrogens with zero attached hydrogens (tertiary/aromatic N) is 2. The van der Waals surface area contributed by atoms with Crippen LogP contribution in [-0.4, -0.2) is 60.3 Å². The average Bonchev–Trinajstić information content (AvgIpc) is 2.78. The van der Waals surface area contributed by atoms with E-state index in [1.54, 1.807) is 11.8 Å². The lowest BCUT2D eigenvalue weighted by molar-refractivity contribution is -0.144. The van der Waals surface area contributed by atoms with Gasteiger partial charge in [0.1, 0.15) is 0 Å². The summed E-state index contributed by atoms with van der Waals surface area (Å²) in [7, 11) is 1.88. The number of amides is 2. The summed E-state index contributed by atoms with van der Waals surface area (Å²) in [5.74, 6) is 1.33. The second-order valence-corrected chi connectivity index (χ2v) is 6.40. The lowest BCUT2D eigenvalue weighted by Gasteiger charge is -2.37.